The van der Waals surface area contributed by atoms with Gasteiger partial charge in [0.25, 0.3) is 0 Å². The topological polar surface area (TPSA) is 59.9 Å². The lowest BCUT2D eigenvalue weighted by molar-refractivity contribution is 0.593. The second-order valence-corrected chi connectivity index (χ2v) is 5.80. The summed E-state index contributed by atoms with van der Waals surface area (Å²) < 4.78 is 22.4. The lowest BCUT2D eigenvalue weighted by atomic mass is 10.1. The highest BCUT2D eigenvalue weighted by atomic mass is 32.2. The zero-order valence-corrected chi connectivity index (χ0v) is 10.4. The van der Waals surface area contributed by atoms with Crippen molar-refractivity contribution < 1.29 is 8.42 Å². The molecule has 1 aromatic carbocycles. The number of sulfone groups is 1. The summed E-state index contributed by atoms with van der Waals surface area (Å²) in [4.78, 5) is 7.70. The molecule has 0 aliphatic carbocycles. The van der Waals surface area contributed by atoms with Crippen molar-refractivity contribution in [2.45, 2.75) is 12.1 Å². The normalized spacial score (nSPS) is 11.4. The zero-order chi connectivity index (χ0) is 12.5. The van der Waals surface area contributed by atoms with Gasteiger partial charge in [-0.05, 0) is 12.5 Å². The summed E-state index contributed by atoms with van der Waals surface area (Å²) in [6.45, 7) is 2.01. The molecule has 1 heterocycles. The highest BCUT2D eigenvalue weighted by Crippen LogP contribution is 2.18. The van der Waals surface area contributed by atoms with Gasteiger partial charge in [0.15, 0.2) is 0 Å². The minimum Gasteiger partial charge on any atom is -0.226 e. The van der Waals surface area contributed by atoms with Gasteiger partial charge in [-0.3, -0.25) is 0 Å². The van der Waals surface area contributed by atoms with Crippen LogP contribution in [0.5, 0.6) is 0 Å². The number of nitrogens with zero attached hydrogens (tertiary/aromatic N) is 2. The molecule has 0 atom stereocenters. The Morgan fingerprint density at radius 2 is 1.47 bits per heavy atom. The smallest absolute Gasteiger partial charge is 0.226 e. The van der Waals surface area contributed by atoms with Crippen molar-refractivity contribution in [1.82, 2.24) is 9.97 Å². The van der Waals surface area contributed by atoms with E-state index in [-0.39, 0.29) is 5.16 Å². The van der Waals surface area contributed by atoms with Gasteiger partial charge in [0, 0.05) is 24.2 Å². The van der Waals surface area contributed by atoms with Crippen LogP contribution in [0.3, 0.4) is 0 Å². The number of hydrogen-bond donors (Lipinski definition) is 0. The molecule has 2 rings (SSSR count). The Bertz CT molecular complexity index is 617. The first kappa shape index (κ1) is 11.7. The first-order valence-electron chi connectivity index (χ1n) is 5.06. The molecule has 0 saturated carbocycles. The fourth-order valence-corrected chi connectivity index (χ4v) is 1.89. The summed E-state index contributed by atoms with van der Waals surface area (Å²) in [7, 11) is -3.33. The Balaban J connectivity index is 2.39. The molecule has 0 radical (unpaired) electrons. The van der Waals surface area contributed by atoms with Crippen molar-refractivity contribution in [2.24, 2.45) is 0 Å². The third-order valence-corrected chi connectivity index (χ3v) is 3.22. The first-order chi connectivity index (χ1) is 7.97. The molecule has 1 aromatic heterocycles. The zero-order valence-electron chi connectivity index (χ0n) is 9.58. The van der Waals surface area contributed by atoms with E-state index in [4.69, 9.17) is 0 Å². The molecule has 0 unspecified atom stereocenters. The average Bonchev–Trinajstić information content (AvgIpc) is 2.29. The van der Waals surface area contributed by atoms with Crippen LogP contribution in [0.4, 0.5) is 0 Å². The Morgan fingerprint density at radius 3 is 1.94 bits per heavy atom. The van der Waals surface area contributed by atoms with E-state index in [1.165, 1.54) is 18.0 Å². The number of aromatic nitrogens is 2. The van der Waals surface area contributed by atoms with E-state index in [1.54, 1.807) is 0 Å². The molecular formula is C12H12N2O2S. The van der Waals surface area contributed by atoms with Crippen LogP contribution in [-0.2, 0) is 9.84 Å². The van der Waals surface area contributed by atoms with E-state index in [1.807, 2.05) is 31.2 Å². The third kappa shape index (κ3) is 2.68. The third-order valence-electron chi connectivity index (χ3n) is 2.34. The van der Waals surface area contributed by atoms with Crippen LogP contribution in [-0.4, -0.2) is 24.6 Å². The number of benzene rings is 1. The average molecular weight is 248 g/mol. The Morgan fingerprint density at radius 1 is 0.941 bits per heavy atom. The lowest BCUT2D eigenvalue weighted by Crippen LogP contribution is -2.03. The maximum Gasteiger partial charge on any atom is 0.246 e. The van der Waals surface area contributed by atoms with Gasteiger partial charge >= 0.3 is 0 Å². The minimum absolute atomic E-state index is 0.145. The van der Waals surface area contributed by atoms with Crippen LogP contribution >= 0.6 is 0 Å². The largest absolute Gasteiger partial charge is 0.246 e. The van der Waals surface area contributed by atoms with Crippen molar-refractivity contribution in [1.29, 1.82) is 0 Å². The Labute approximate surface area is 100 Å². The van der Waals surface area contributed by atoms with Crippen molar-refractivity contribution in [3.8, 4) is 11.1 Å². The van der Waals surface area contributed by atoms with Crippen LogP contribution in [0.1, 0.15) is 5.56 Å². The molecule has 88 valence electrons. The highest BCUT2D eigenvalue weighted by molar-refractivity contribution is 7.90. The molecule has 5 heteroatoms. The summed E-state index contributed by atoms with van der Waals surface area (Å²) in [5, 5.41) is -0.145. The van der Waals surface area contributed by atoms with Gasteiger partial charge < -0.3 is 0 Å². The predicted molar refractivity (Wildman–Crippen MR) is 65.3 cm³/mol. The first-order valence-corrected chi connectivity index (χ1v) is 6.95. The fraction of sp³-hybridized carbons (Fsp3) is 0.167. The molecule has 0 N–H and O–H groups in total. The van der Waals surface area contributed by atoms with Crippen molar-refractivity contribution in [3.63, 3.8) is 0 Å². The quantitative estimate of drug-likeness (QED) is 0.761. The Hall–Kier alpha value is -1.75. The van der Waals surface area contributed by atoms with Crippen LogP contribution < -0.4 is 0 Å². The minimum atomic E-state index is -3.33. The molecule has 4 nitrogen and oxygen atoms in total. The van der Waals surface area contributed by atoms with Crippen LogP contribution in [0.25, 0.3) is 11.1 Å². The second-order valence-electron chi connectivity index (χ2n) is 3.89. The van der Waals surface area contributed by atoms with Crippen LogP contribution in [0, 0.1) is 6.92 Å². The standard InChI is InChI=1S/C12H12N2O2S/c1-9-3-5-10(6-4-9)11-7-13-12(14-8-11)17(2,15)16/h3-8H,1-2H3. The Kier molecular flexibility index (Phi) is 2.93. The van der Waals surface area contributed by atoms with Crippen LogP contribution in [0.15, 0.2) is 41.8 Å². The van der Waals surface area contributed by atoms with Crippen molar-refractivity contribution in [2.75, 3.05) is 6.26 Å². The molecule has 0 aliphatic heterocycles. The van der Waals surface area contributed by atoms with Crippen LogP contribution in [0.2, 0.25) is 0 Å². The molecule has 0 aliphatic rings. The van der Waals surface area contributed by atoms with Crippen molar-refractivity contribution >= 4 is 9.84 Å². The summed E-state index contributed by atoms with van der Waals surface area (Å²) in [5.41, 5.74) is 2.94. The van der Waals surface area contributed by atoms with E-state index in [0.717, 1.165) is 17.4 Å². The van der Waals surface area contributed by atoms with E-state index < -0.39 is 9.84 Å². The van der Waals surface area contributed by atoms with Gasteiger partial charge in [0.1, 0.15) is 0 Å². The molecule has 0 saturated heterocycles. The van der Waals surface area contributed by atoms with Gasteiger partial charge in [0.2, 0.25) is 15.0 Å². The summed E-state index contributed by atoms with van der Waals surface area (Å²) in [5.74, 6) is 0. The molecule has 0 bridgehead atoms. The lowest BCUT2D eigenvalue weighted by Gasteiger charge is -2.02. The maximum atomic E-state index is 11.2. The van der Waals surface area contributed by atoms with Crippen molar-refractivity contribution in [3.05, 3.63) is 42.2 Å². The van der Waals surface area contributed by atoms with Gasteiger partial charge in [-0.1, -0.05) is 29.8 Å². The fourth-order valence-electron chi connectivity index (χ4n) is 1.40. The molecular weight excluding hydrogens is 236 g/mol. The van der Waals surface area contributed by atoms with E-state index in [2.05, 4.69) is 9.97 Å². The second kappa shape index (κ2) is 4.25. The molecule has 0 spiro atoms. The maximum absolute atomic E-state index is 11.2. The highest BCUT2D eigenvalue weighted by Gasteiger charge is 2.10. The number of hydrogen-bond acceptors (Lipinski definition) is 4. The molecule has 0 amide bonds. The molecule has 2 aromatic rings. The van der Waals surface area contributed by atoms with E-state index in [0.29, 0.717) is 0 Å². The predicted octanol–water partition coefficient (Wildman–Crippen LogP) is 1.86. The SMILES string of the molecule is Cc1ccc(-c2cnc(S(C)(=O)=O)nc2)cc1. The van der Waals surface area contributed by atoms with E-state index >= 15 is 0 Å². The monoisotopic (exact) mass is 248 g/mol. The summed E-state index contributed by atoms with van der Waals surface area (Å²) in [6.07, 6.45) is 4.13. The van der Waals surface area contributed by atoms with E-state index in [9.17, 15) is 8.42 Å². The molecule has 0 fully saturated rings. The van der Waals surface area contributed by atoms with Gasteiger partial charge in [-0.25, -0.2) is 18.4 Å². The van der Waals surface area contributed by atoms with Gasteiger partial charge in [0.05, 0.1) is 0 Å². The number of rotatable bonds is 2. The summed E-state index contributed by atoms with van der Waals surface area (Å²) >= 11 is 0. The van der Waals surface area contributed by atoms with Gasteiger partial charge in [-0.15, -0.1) is 0 Å². The molecule has 17 heavy (non-hydrogen) atoms. The van der Waals surface area contributed by atoms with Gasteiger partial charge in [-0.2, -0.15) is 0 Å². The summed E-state index contributed by atoms with van der Waals surface area (Å²) in [6, 6.07) is 7.88. The number of aryl methyl sites for hydroxylation is 1.